The highest BCUT2D eigenvalue weighted by molar-refractivity contribution is 5.87. The van der Waals surface area contributed by atoms with Gasteiger partial charge in [0.05, 0.1) is 6.54 Å². The minimum Gasteiger partial charge on any atom is -0.458 e. The number of nitrogens with one attached hydrogen (secondary N) is 1. The maximum atomic E-state index is 11.4. The molecule has 1 unspecified atom stereocenters. The van der Waals surface area contributed by atoms with E-state index in [2.05, 4.69) is 23.2 Å². The van der Waals surface area contributed by atoms with Crippen LogP contribution in [0.3, 0.4) is 0 Å². The third-order valence-electron chi connectivity index (χ3n) is 1.64. The lowest BCUT2D eigenvalue weighted by atomic mass is 10.1. The Hall–Kier alpha value is -1.66. The Kier molecular flexibility index (Phi) is 6.06. The van der Waals surface area contributed by atoms with Gasteiger partial charge in [-0.25, -0.2) is 4.79 Å². The Balaban J connectivity index is 4.64. The molecule has 0 aromatic carbocycles. The van der Waals surface area contributed by atoms with Crippen LogP contribution in [0.2, 0.25) is 0 Å². The van der Waals surface area contributed by atoms with Crippen LogP contribution in [0.25, 0.3) is 0 Å². The number of hydrogen-bond donors (Lipinski definition) is 3. The number of amides is 1. The van der Waals surface area contributed by atoms with E-state index in [-0.39, 0.29) is 19.6 Å². The molecule has 6 nitrogen and oxygen atoms in total. The topological polar surface area (TPSA) is 102 Å². The zero-order chi connectivity index (χ0) is 12.6. The van der Waals surface area contributed by atoms with Crippen molar-refractivity contribution in [1.29, 1.82) is 0 Å². The zero-order valence-corrected chi connectivity index (χ0v) is 8.94. The van der Waals surface area contributed by atoms with Crippen molar-refractivity contribution < 1.29 is 19.4 Å². The van der Waals surface area contributed by atoms with Gasteiger partial charge in [-0.1, -0.05) is 18.7 Å². The molecule has 4 N–H and O–H groups in total. The van der Waals surface area contributed by atoms with Gasteiger partial charge in [0.15, 0.2) is 0 Å². The molecule has 16 heavy (non-hydrogen) atoms. The van der Waals surface area contributed by atoms with E-state index in [0.717, 1.165) is 0 Å². The predicted octanol–water partition coefficient (Wildman–Crippen LogP) is -0.945. The largest absolute Gasteiger partial charge is 0.458 e. The lowest BCUT2D eigenvalue weighted by Crippen LogP contribution is -2.56. The van der Waals surface area contributed by atoms with Gasteiger partial charge in [0, 0.05) is 6.42 Å². The highest BCUT2D eigenvalue weighted by Crippen LogP contribution is 2.09. The number of nitrogens with two attached hydrogens (primary N) is 1. The molecule has 0 aliphatic rings. The van der Waals surface area contributed by atoms with Gasteiger partial charge in [-0.3, -0.25) is 4.79 Å². The molecule has 0 saturated carbocycles. The van der Waals surface area contributed by atoms with E-state index in [9.17, 15) is 14.7 Å². The number of ether oxygens (including phenoxy) is 1. The lowest BCUT2D eigenvalue weighted by Gasteiger charge is -2.25. The van der Waals surface area contributed by atoms with Crippen molar-refractivity contribution in [2.45, 2.75) is 12.1 Å². The summed E-state index contributed by atoms with van der Waals surface area (Å²) in [6.07, 6.45) is 2.46. The summed E-state index contributed by atoms with van der Waals surface area (Å²) in [7, 11) is 0. The van der Waals surface area contributed by atoms with Crippen LogP contribution >= 0.6 is 0 Å². The van der Waals surface area contributed by atoms with Gasteiger partial charge in [0.25, 0.3) is 0 Å². The number of carbonyl (C=O) groups excluding carboxylic acids is 2. The van der Waals surface area contributed by atoms with Crippen LogP contribution < -0.4 is 11.1 Å². The predicted molar refractivity (Wildman–Crippen MR) is 58.1 cm³/mol. The Bertz CT molecular complexity index is 291. The number of rotatable bonds is 7. The maximum absolute atomic E-state index is 11.4. The third-order valence-corrected chi connectivity index (χ3v) is 1.64. The summed E-state index contributed by atoms with van der Waals surface area (Å²) in [5.41, 5.74) is 2.93. The molecule has 0 radical (unpaired) electrons. The van der Waals surface area contributed by atoms with E-state index in [1.165, 1.54) is 12.2 Å². The monoisotopic (exact) mass is 228 g/mol. The molecular weight excluding hydrogens is 212 g/mol. The summed E-state index contributed by atoms with van der Waals surface area (Å²) in [5.74, 6) is -1.64. The van der Waals surface area contributed by atoms with Crippen molar-refractivity contribution in [3.8, 4) is 0 Å². The molecule has 0 aliphatic heterocycles. The molecular formula is C10H16N2O4. The molecule has 0 aromatic rings. The van der Waals surface area contributed by atoms with Crippen molar-refractivity contribution in [2.24, 2.45) is 5.73 Å². The Morgan fingerprint density at radius 1 is 1.44 bits per heavy atom. The zero-order valence-electron chi connectivity index (χ0n) is 8.94. The second kappa shape index (κ2) is 6.76. The number of carbonyl (C=O) groups is 2. The van der Waals surface area contributed by atoms with Crippen molar-refractivity contribution >= 4 is 11.9 Å². The van der Waals surface area contributed by atoms with Gasteiger partial charge in [-0.2, -0.15) is 0 Å². The molecule has 0 fully saturated rings. The average molecular weight is 228 g/mol. The minimum atomic E-state index is -2.12. The third kappa shape index (κ3) is 4.24. The van der Waals surface area contributed by atoms with Crippen molar-refractivity contribution in [2.75, 3.05) is 13.2 Å². The first-order chi connectivity index (χ1) is 7.50. The van der Waals surface area contributed by atoms with Gasteiger partial charge in [0.2, 0.25) is 11.6 Å². The first kappa shape index (κ1) is 14.3. The van der Waals surface area contributed by atoms with Gasteiger partial charge in [-0.15, -0.1) is 6.58 Å². The molecule has 0 saturated heterocycles. The molecule has 0 rings (SSSR count). The van der Waals surface area contributed by atoms with Crippen LogP contribution in [-0.4, -0.2) is 35.9 Å². The fraction of sp³-hybridized carbons (Fsp3) is 0.400. The van der Waals surface area contributed by atoms with Gasteiger partial charge >= 0.3 is 5.97 Å². The fourth-order valence-corrected chi connectivity index (χ4v) is 0.930. The molecule has 0 aliphatic carbocycles. The number of hydrogen-bond acceptors (Lipinski definition) is 5. The molecule has 0 heterocycles. The highest BCUT2D eigenvalue weighted by atomic mass is 16.6. The number of aliphatic hydroxyl groups is 1. The lowest BCUT2D eigenvalue weighted by molar-refractivity contribution is -0.170. The van der Waals surface area contributed by atoms with Gasteiger partial charge < -0.3 is 20.9 Å². The molecule has 0 bridgehead atoms. The fourth-order valence-electron chi connectivity index (χ4n) is 0.930. The van der Waals surface area contributed by atoms with E-state index in [1.807, 2.05) is 0 Å². The van der Waals surface area contributed by atoms with Gasteiger partial charge in [-0.05, 0) is 0 Å². The molecule has 1 atom stereocenters. The summed E-state index contributed by atoms with van der Waals surface area (Å²) < 4.78 is 4.64. The Morgan fingerprint density at radius 2 is 2.06 bits per heavy atom. The van der Waals surface area contributed by atoms with Crippen molar-refractivity contribution in [1.82, 2.24) is 5.32 Å². The summed E-state index contributed by atoms with van der Waals surface area (Å²) in [5, 5.41) is 11.9. The first-order valence-corrected chi connectivity index (χ1v) is 4.62. The SMILES string of the molecule is C=CCOC(=O)C(O)(CC=C)NC(=O)CN. The summed E-state index contributed by atoms with van der Waals surface area (Å²) in [4.78, 5) is 22.5. The van der Waals surface area contributed by atoms with E-state index < -0.39 is 17.6 Å². The standard InChI is InChI=1S/C10H16N2O4/c1-3-5-10(15,12-8(13)7-11)9(14)16-6-4-2/h3-4,15H,1-2,5-7,11H2,(H,12,13). The molecule has 0 spiro atoms. The van der Waals surface area contributed by atoms with Crippen LogP contribution in [0, 0.1) is 0 Å². The van der Waals surface area contributed by atoms with Crippen molar-refractivity contribution in [3.05, 3.63) is 25.3 Å². The average Bonchev–Trinajstić information content (AvgIpc) is 2.25. The van der Waals surface area contributed by atoms with Crippen LogP contribution in [0.15, 0.2) is 25.3 Å². The van der Waals surface area contributed by atoms with Crippen molar-refractivity contribution in [3.63, 3.8) is 0 Å². The summed E-state index contributed by atoms with van der Waals surface area (Å²) in [6.45, 7) is 6.32. The van der Waals surface area contributed by atoms with E-state index in [1.54, 1.807) is 0 Å². The highest BCUT2D eigenvalue weighted by Gasteiger charge is 2.37. The van der Waals surface area contributed by atoms with Crippen LogP contribution in [0.4, 0.5) is 0 Å². The van der Waals surface area contributed by atoms with Gasteiger partial charge in [0.1, 0.15) is 6.61 Å². The molecule has 90 valence electrons. The quantitative estimate of drug-likeness (QED) is 0.296. The smallest absolute Gasteiger partial charge is 0.360 e. The molecule has 6 heteroatoms. The second-order valence-electron chi connectivity index (χ2n) is 2.99. The molecule has 1 amide bonds. The minimum absolute atomic E-state index is 0.0587. The summed E-state index contributed by atoms with van der Waals surface area (Å²) in [6, 6.07) is 0. The van der Waals surface area contributed by atoms with E-state index in [0.29, 0.717) is 0 Å². The van der Waals surface area contributed by atoms with Crippen LogP contribution in [-0.2, 0) is 14.3 Å². The Labute approximate surface area is 93.8 Å². The van der Waals surface area contributed by atoms with Crippen LogP contribution in [0.5, 0.6) is 0 Å². The molecule has 0 aromatic heterocycles. The maximum Gasteiger partial charge on any atom is 0.360 e. The number of esters is 1. The second-order valence-corrected chi connectivity index (χ2v) is 2.99. The van der Waals surface area contributed by atoms with E-state index in [4.69, 9.17) is 5.73 Å². The normalized spacial score (nSPS) is 13.4. The van der Waals surface area contributed by atoms with Crippen LogP contribution in [0.1, 0.15) is 6.42 Å². The Morgan fingerprint density at radius 3 is 2.50 bits per heavy atom. The summed E-state index contributed by atoms with van der Waals surface area (Å²) >= 11 is 0. The van der Waals surface area contributed by atoms with E-state index >= 15 is 0 Å². The first-order valence-electron chi connectivity index (χ1n) is 4.62.